The zero-order chi connectivity index (χ0) is 19.7. The van der Waals surface area contributed by atoms with Crippen molar-refractivity contribution in [3.63, 3.8) is 0 Å². The average Bonchev–Trinajstić information content (AvgIpc) is 3.19. The Morgan fingerprint density at radius 2 is 2.15 bits per heavy atom. The Morgan fingerprint density at radius 1 is 1.41 bits per heavy atom. The van der Waals surface area contributed by atoms with Crippen molar-refractivity contribution < 1.29 is 24.2 Å². The number of ether oxygens (including phenoxy) is 2. The lowest BCUT2D eigenvalue weighted by molar-refractivity contribution is -0.136. The maximum Gasteiger partial charge on any atom is 0.307 e. The molecule has 0 saturated heterocycles. The van der Waals surface area contributed by atoms with Gasteiger partial charge in [-0.3, -0.25) is 9.59 Å². The second kappa shape index (κ2) is 7.78. The first-order valence-electron chi connectivity index (χ1n) is 8.51. The van der Waals surface area contributed by atoms with Crippen molar-refractivity contribution in [2.75, 3.05) is 13.7 Å². The predicted octanol–water partition coefficient (Wildman–Crippen LogP) is 4.15. The van der Waals surface area contributed by atoms with Crippen molar-refractivity contribution in [2.45, 2.75) is 32.7 Å². The van der Waals surface area contributed by atoms with Crippen LogP contribution in [-0.4, -0.2) is 41.6 Å². The van der Waals surface area contributed by atoms with Gasteiger partial charge in [-0.2, -0.15) is 0 Å². The number of halogens is 1. The molecule has 0 spiro atoms. The molecule has 1 N–H and O–H groups in total. The highest BCUT2D eigenvalue weighted by Gasteiger charge is 2.42. The minimum Gasteiger partial charge on any atom is -0.496 e. The first kappa shape index (κ1) is 19.5. The van der Waals surface area contributed by atoms with Gasteiger partial charge in [-0.05, 0) is 44.1 Å². The molecular weight excluding hydrogens is 390 g/mol. The van der Waals surface area contributed by atoms with E-state index < -0.39 is 5.97 Å². The summed E-state index contributed by atoms with van der Waals surface area (Å²) in [4.78, 5) is 26.8. The summed E-state index contributed by atoms with van der Waals surface area (Å²) in [5.41, 5.74) is 1.83. The standard InChI is InChI=1S/C19H20ClNO5S/c1-4-26-16-8-7-14(27-16)19(24)21-10(2)11(9-15(22)23)17-12(21)5-6-13(25-3)18(17)20/h6-8,12H,4-5,9H2,1-3H3,(H,22,23). The smallest absolute Gasteiger partial charge is 0.307 e. The molecule has 0 radical (unpaired) electrons. The van der Waals surface area contributed by atoms with E-state index in [-0.39, 0.29) is 18.4 Å². The highest BCUT2D eigenvalue weighted by Crippen LogP contribution is 2.45. The van der Waals surface area contributed by atoms with Crippen molar-refractivity contribution in [1.29, 1.82) is 0 Å². The van der Waals surface area contributed by atoms with Crippen molar-refractivity contribution in [3.05, 3.63) is 50.7 Å². The predicted molar refractivity (Wildman–Crippen MR) is 103 cm³/mol. The number of methoxy groups -OCH3 is 1. The van der Waals surface area contributed by atoms with Crippen LogP contribution in [-0.2, 0) is 9.53 Å². The molecule has 2 heterocycles. The summed E-state index contributed by atoms with van der Waals surface area (Å²) in [6.07, 6.45) is 2.13. The van der Waals surface area contributed by atoms with Crippen LogP contribution < -0.4 is 4.74 Å². The Morgan fingerprint density at radius 3 is 2.78 bits per heavy atom. The highest BCUT2D eigenvalue weighted by molar-refractivity contribution is 7.15. The van der Waals surface area contributed by atoms with E-state index >= 15 is 0 Å². The third-order valence-electron chi connectivity index (χ3n) is 4.59. The molecule has 0 aromatic carbocycles. The fourth-order valence-electron chi connectivity index (χ4n) is 3.46. The fourth-order valence-corrected chi connectivity index (χ4v) is 4.71. The number of allylic oxidation sites excluding steroid dienone is 2. The topological polar surface area (TPSA) is 76.1 Å². The van der Waals surface area contributed by atoms with Crippen molar-refractivity contribution in [3.8, 4) is 5.06 Å². The summed E-state index contributed by atoms with van der Waals surface area (Å²) < 4.78 is 10.7. The Balaban J connectivity index is 2.03. The molecule has 144 valence electrons. The molecule has 1 aliphatic carbocycles. The maximum atomic E-state index is 13.2. The fraction of sp³-hybridized carbons (Fsp3) is 0.368. The number of rotatable bonds is 6. The van der Waals surface area contributed by atoms with Gasteiger partial charge < -0.3 is 19.5 Å². The third-order valence-corrected chi connectivity index (χ3v) is 5.97. The summed E-state index contributed by atoms with van der Waals surface area (Å²) in [5.74, 6) is -0.662. The monoisotopic (exact) mass is 409 g/mol. The summed E-state index contributed by atoms with van der Waals surface area (Å²) in [7, 11) is 1.52. The number of amides is 1. The van der Waals surface area contributed by atoms with Gasteiger partial charge in [0.15, 0.2) is 5.06 Å². The van der Waals surface area contributed by atoms with Crippen molar-refractivity contribution in [2.24, 2.45) is 0 Å². The van der Waals surface area contributed by atoms with Gasteiger partial charge in [-0.15, -0.1) is 0 Å². The van der Waals surface area contributed by atoms with Crippen LogP contribution in [0.25, 0.3) is 0 Å². The molecule has 6 nitrogen and oxygen atoms in total. The summed E-state index contributed by atoms with van der Waals surface area (Å²) in [6.45, 7) is 4.16. The number of carboxylic acid groups (broad SMARTS) is 1. The quantitative estimate of drug-likeness (QED) is 0.763. The zero-order valence-electron chi connectivity index (χ0n) is 15.2. The number of hydrogen-bond donors (Lipinski definition) is 1. The Bertz CT molecular complexity index is 882. The van der Waals surface area contributed by atoms with Gasteiger partial charge in [0.05, 0.1) is 36.1 Å². The van der Waals surface area contributed by atoms with Gasteiger partial charge in [0.2, 0.25) is 0 Å². The summed E-state index contributed by atoms with van der Waals surface area (Å²) >= 11 is 7.77. The molecular formula is C19H20ClNO5S. The number of carboxylic acids is 1. The van der Waals surface area contributed by atoms with E-state index in [1.54, 1.807) is 24.0 Å². The van der Waals surface area contributed by atoms with Gasteiger partial charge in [0, 0.05) is 11.3 Å². The van der Waals surface area contributed by atoms with Gasteiger partial charge in [0.1, 0.15) is 5.76 Å². The van der Waals surface area contributed by atoms with E-state index in [9.17, 15) is 14.7 Å². The van der Waals surface area contributed by atoms with Crippen LogP contribution in [0.1, 0.15) is 36.4 Å². The van der Waals surface area contributed by atoms with Crippen LogP contribution in [0, 0.1) is 0 Å². The van der Waals surface area contributed by atoms with Gasteiger partial charge in [-0.25, -0.2) is 0 Å². The maximum absolute atomic E-state index is 13.2. The lowest BCUT2D eigenvalue weighted by Crippen LogP contribution is -2.36. The van der Waals surface area contributed by atoms with Crippen LogP contribution in [0.3, 0.4) is 0 Å². The molecule has 3 rings (SSSR count). The van der Waals surface area contributed by atoms with E-state index in [0.29, 0.717) is 50.6 Å². The molecule has 27 heavy (non-hydrogen) atoms. The minimum absolute atomic E-state index is 0.190. The van der Waals surface area contributed by atoms with E-state index in [4.69, 9.17) is 21.1 Å². The van der Waals surface area contributed by atoms with Crippen LogP contribution in [0.4, 0.5) is 0 Å². The van der Waals surface area contributed by atoms with E-state index in [2.05, 4.69) is 0 Å². The molecule has 1 aliphatic heterocycles. The van der Waals surface area contributed by atoms with Crippen LogP contribution in [0.15, 0.2) is 45.8 Å². The first-order valence-corrected chi connectivity index (χ1v) is 9.70. The molecule has 8 heteroatoms. The molecule has 2 aliphatic rings. The summed E-state index contributed by atoms with van der Waals surface area (Å²) in [6, 6.07) is 3.16. The molecule has 1 amide bonds. The number of thiophene rings is 1. The van der Waals surface area contributed by atoms with E-state index in [0.717, 1.165) is 0 Å². The molecule has 1 aromatic heterocycles. The van der Waals surface area contributed by atoms with Crippen LogP contribution in [0.2, 0.25) is 0 Å². The van der Waals surface area contributed by atoms with Crippen molar-refractivity contribution in [1.82, 2.24) is 4.90 Å². The average molecular weight is 410 g/mol. The van der Waals surface area contributed by atoms with Crippen molar-refractivity contribution >= 4 is 34.8 Å². The van der Waals surface area contributed by atoms with Gasteiger partial charge >= 0.3 is 5.97 Å². The lowest BCUT2D eigenvalue weighted by Gasteiger charge is -2.29. The molecule has 0 fully saturated rings. The zero-order valence-corrected chi connectivity index (χ0v) is 16.8. The largest absolute Gasteiger partial charge is 0.496 e. The normalized spacial score (nSPS) is 19.2. The number of carbonyl (C=O) groups is 2. The number of carbonyl (C=O) groups excluding carboxylic acids is 1. The Labute approximate surface area is 166 Å². The Kier molecular flexibility index (Phi) is 5.62. The van der Waals surface area contributed by atoms with Gasteiger partial charge in [-0.1, -0.05) is 22.9 Å². The second-order valence-corrected chi connectivity index (χ2v) is 7.54. The number of nitrogens with zero attached hydrogens (tertiary/aromatic N) is 1. The highest BCUT2D eigenvalue weighted by atomic mass is 35.5. The first-order chi connectivity index (χ1) is 12.9. The third kappa shape index (κ3) is 3.49. The molecule has 1 aromatic rings. The second-order valence-electron chi connectivity index (χ2n) is 6.11. The number of hydrogen-bond acceptors (Lipinski definition) is 5. The SMILES string of the molecule is CCOc1ccc(C(=O)N2C(C)=C(CC(=O)O)C3=C(Cl)C(OC)=CCC32)s1. The van der Waals surface area contributed by atoms with Crippen LogP contribution in [0.5, 0.6) is 5.06 Å². The number of fused-ring (bicyclic) bond motifs is 1. The van der Waals surface area contributed by atoms with Gasteiger partial charge in [0.25, 0.3) is 5.91 Å². The van der Waals surface area contributed by atoms with E-state index in [1.165, 1.54) is 18.4 Å². The minimum atomic E-state index is -0.974. The van der Waals surface area contributed by atoms with E-state index in [1.807, 2.05) is 13.0 Å². The molecule has 1 atom stereocenters. The van der Waals surface area contributed by atoms with Crippen LogP contribution >= 0.6 is 22.9 Å². The molecule has 0 saturated carbocycles. The summed E-state index contributed by atoms with van der Waals surface area (Å²) in [5, 5.41) is 10.4. The lowest BCUT2D eigenvalue weighted by atomic mass is 9.92. The molecule has 0 bridgehead atoms. The molecule has 1 unspecified atom stereocenters. The number of aliphatic carboxylic acids is 1. The Hall–Kier alpha value is -2.25.